The third-order valence-corrected chi connectivity index (χ3v) is 7.63. The number of ketones is 2. The molecule has 4 rings (SSSR count). The van der Waals surface area contributed by atoms with Gasteiger partial charge in [-0.25, -0.2) is 0 Å². The molecule has 0 saturated carbocycles. The Hall–Kier alpha value is -1.46. The number of piperidine rings is 1. The highest BCUT2D eigenvalue weighted by Gasteiger charge is 2.33. The Morgan fingerprint density at radius 1 is 1.17 bits per heavy atom. The van der Waals surface area contributed by atoms with Crippen molar-refractivity contribution in [3.63, 3.8) is 0 Å². The summed E-state index contributed by atoms with van der Waals surface area (Å²) >= 11 is 3.56. The number of carbonyl (C=O) groups excluding carboxylic acids is 2. The molecule has 0 aromatic rings. The Balaban J connectivity index is 1.23. The minimum Gasteiger partial charge on any atom is -0.369 e. The van der Waals surface area contributed by atoms with Gasteiger partial charge in [0.25, 0.3) is 0 Å². The molecule has 0 bridgehead atoms. The van der Waals surface area contributed by atoms with Crippen LogP contribution in [0.2, 0.25) is 0 Å². The second-order valence-electron chi connectivity index (χ2n) is 9.11. The number of Topliss-reactive ketones (excluding diaryl/α,β-unsaturated/α-hetero) is 2. The summed E-state index contributed by atoms with van der Waals surface area (Å²) in [5, 5.41) is 0. The Kier molecular flexibility index (Phi) is 7.09. The molecule has 0 N–H and O–H groups in total. The molecule has 162 valence electrons. The van der Waals surface area contributed by atoms with Gasteiger partial charge in [0, 0.05) is 34.6 Å². The maximum Gasteiger partial charge on any atom is 0.161 e. The van der Waals surface area contributed by atoms with Crippen molar-refractivity contribution in [2.75, 3.05) is 26.2 Å². The van der Waals surface area contributed by atoms with E-state index >= 15 is 0 Å². The number of hydrogen-bond acceptors (Lipinski definition) is 4. The van der Waals surface area contributed by atoms with E-state index < -0.39 is 0 Å². The number of hydrogen-bond donors (Lipinski definition) is 0. The summed E-state index contributed by atoms with van der Waals surface area (Å²) in [5.74, 6) is 1.07. The van der Waals surface area contributed by atoms with Gasteiger partial charge in [-0.1, -0.05) is 34.2 Å². The Morgan fingerprint density at radius 3 is 2.67 bits per heavy atom. The van der Waals surface area contributed by atoms with Crippen molar-refractivity contribution in [2.45, 2.75) is 57.9 Å². The van der Waals surface area contributed by atoms with Gasteiger partial charge in [-0.15, -0.1) is 0 Å². The maximum atomic E-state index is 12.8. The monoisotopic (exact) mass is 472 g/mol. The maximum absolute atomic E-state index is 12.8. The minimum atomic E-state index is 0.149. The fraction of sp³-hybridized carbons (Fsp3) is 0.600. The molecule has 0 aromatic carbocycles. The summed E-state index contributed by atoms with van der Waals surface area (Å²) in [6, 6.07) is 0.303. The van der Waals surface area contributed by atoms with E-state index in [1.807, 2.05) is 0 Å². The molecule has 0 amide bonds. The highest BCUT2D eigenvalue weighted by molar-refractivity contribution is 9.11. The Bertz CT molecular complexity index is 802. The summed E-state index contributed by atoms with van der Waals surface area (Å²) in [6.07, 6.45) is 18.1. The molecule has 2 heterocycles. The molecular formula is C25H33BrN2O2. The Labute approximate surface area is 188 Å². The summed E-state index contributed by atoms with van der Waals surface area (Å²) in [7, 11) is 0. The SMILES string of the molecule is CC(=O)C1=CN(CCCN2CCC(C(=O)C3C=CCCC3)CC2)C2CC=C(Br)C=C12. The van der Waals surface area contributed by atoms with Crippen LogP contribution >= 0.6 is 15.9 Å². The molecule has 5 heteroatoms. The molecule has 4 aliphatic rings. The number of nitrogens with zero attached hydrogens (tertiary/aromatic N) is 2. The first-order chi connectivity index (χ1) is 14.5. The molecular weight excluding hydrogens is 440 g/mol. The van der Waals surface area contributed by atoms with Crippen LogP contribution in [0.15, 0.2) is 46.1 Å². The minimum absolute atomic E-state index is 0.149. The third-order valence-electron chi connectivity index (χ3n) is 7.07. The van der Waals surface area contributed by atoms with Crippen molar-refractivity contribution < 1.29 is 9.59 Å². The third kappa shape index (κ3) is 4.88. The van der Waals surface area contributed by atoms with E-state index in [1.54, 1.807) is 6.92 Å². The predicted molar refractivity (Wildman–Crippen MR) is 124 cm³/mol. The summed E-state index contributed by atoms with van der Waals surface area (Å²) in [6.45, 7) is 5.76. The number of allylic oxidation sites excluding steroid dienone is 4. The average Bonchev–Trinajstić information content (AvgIpc) is 3.12. The lowest BCUT2D eigenvalue weighted by Gasteiger charge is -2.33. The van der Waals surface area contributed by atoms with Crippen LogP contribution in [0.4, 0.5) is 0 Å². The van der Waals surface area contributed by atoms with E-state index in [0.29, 0.717) is 11.8 Å². The molecule has 2 aliphatic heterocycles. The van der Waals surface area contributed by atoms with E-state index in [4.69, 9.17) is 0 Å². The highest BCUT2D eigenvalue weighted by Crippen LogP contribution is 2.36. The molecule has 4 nitrogen and oxygen atoms in total. The largest absolute Gasteiger partial charge is 0.369 e. The van der Waals surface area contributed by atoms with Crippen LogP contribution in [0.25, 0.3) is 0 Å². The normalized spacial score (nSPS) is 27.4. The predicted octanol–water partition coefficient (Wildman–Crippen LogP) is 4.78. The molecule has 30 heavy (non-hydrogen) atoms. The van der Waals surface area contributed by atoms with E-state index in [-0.39, 0.29) is 17.6 Å². The van der Waals surface area contributed by atoms with Crippen molar-refractivity contribution >= 4 is 27.5 Å². The first kappa shape index (κ1) is 21.8. The molecule has 1 fully saturated rings. The van der Waals surface area contributed by atoms with Crippen molar-refractivity contribution in [2.24, 2.45) is 11.8 Å². The van der Waals surface area contributed by atoms with Crippen molar-refractivity contribution in [1.29, 1.82) is 0 Å². The number of halogens is 1. The molecule has 2 aliphatic carbocycles. The quantitative estimate of drug-likeness (QED) is 0.499. The van der Waals surface area contributed by atoms with Gasteiger partial charge in [0.2, 0.25) is 0 Å². The lowest BCUT2D eigenvalue weighted by Crippen LogP contribution is -2.39. The van der Waals surface area contributed by atoms with E-state index in [1.165, 1.54) is 0 Å². The topological polar surface area (TPSA) is 40.6 Å². The summed E-state index contributed by atoms with van der Waals surface area (Å²) in [4.78, 5) is 29.7. The number of fused-ring (bicyclic) bond motifs is 1. The van der Waals surface area contributed by atoms with Gasteiger partial charge in [0.15, 0.2) is 5.78 Å². The number of rotatable bonds is 7. The second kappa shape index (κ2) is 9.78. The lowest BCUT2D eigenvalue weighted by molar-refractivity contribution is -0.127. The van der Waals surface area contributed by atoms with Gasteiger partial charge in [-0.3, -0.25) is 9.59 Å². The van der Waals surface area contributed by atoms with Gasteiger partial charge >= 0.3 is 0 Å². The van der Waals surface area contributed by atoms with Crippen LogP contribution in [0.5, 0.6) is 0 Å². The van der Waals surface area contributed by atoms with Gasteiger partial charge in [-0.2, -0.15) is 0 Å². The fourth-order valence-corrected chi connectivity index (χ4v) is 5.77. The van der Waals surface area contributed by atoms with Gasteiger partial charge < -0.3 is 9.80 Å². The zero-order chi connectivity index (χ0) is 21.1. The summed E-state index contributed by atoms with van der Waals surface area (Å²) < 4.78 is 1.07. The first-order valence-electron chi connectivity index (χ1n) is 11.5. The zero-order valence-electron chi connectivity index (χ0n) is 18.0. The molecule has 2 atom stereocenters. The van der Waals surface area contributed by atoms with Crippen LogP contribution < -0.4 is 0 Å². The van der Waals surface area contributed by atoms with E-state index in [0.717, 1.165) is 86.8 Å². The van der Waals surface area contributed by atoms with Crippen LogP contribution in [0, 0.1) is 11.8 Å². The molecule has 0 spiro atoms. The highest BCUT2D eigenvalue weighted by atomic mass is 79.9. The van der Waals surface area contributed by atoms with Crippen LogP contribution in [0.1, 0.15) is 51.9 Å². The Morgan fingerprint density at radius 2 is 1.97 bits per heavy atom. The van der Waals surface area contributed by atoms with Crippen molar-refractivity contribution in [1.82, 2.24) is 9.80 Å². The van der Waals surface area contributed by atoms with E-state index in [2.05, 4.69) is 56.2 Å². The lowest BCUT2D eigenvalue weighted by atomic mass is 9.82. The van der Waals surface area contributed by atoms with E-state index in [9.17, 15) is 9.59 Å². The first-order valence-corrected chi connectivity index (χ1v) is 12.3. The molecule has 2 unspecified atom stereocenters. The number of carbonyl (C=O) groups is 2. The van der Waals surface area contributed by atoms with Crippen LogP contribution in [0.3, 0.4) is 0 Å². The fourth-order valence-electron chi connectivity index (χ4n) is 5.34. The molecule has 1 saturated heterocycles. The van der Waals surface area contributed by atoms with Gasteiger partial charge in [0.05, 0.1) is 6.04 Å². The van der Waals surface area contributed by atoms with Gasteiger partial charge in [-0.05, 0) is 83.2 Å². The second-order valence-corrected chi connectivity index (χ2v) is 10.0. The van der Waals surface area contributed by atoms with Gasteiger partial charge in [0.1, 0.15) is 5.78 Å². The molecule has 0 radical (unpaired) electrons. The zero-order valence-corrected chi connectivity index (χ0v) is 19.6. The number of likely N-dealkylation sites (tertiary alicyclic amines) is 1. The van der Waals surface area contributed by atoms with Crippen molar-refractivity contribution in [3.8, 4) is 0 Å². The van der Waals surface area contributed by atoms with Crippen LogP contribution in [-0.4, -0.2) is 53.6 Å². The molecule has 0 aromatic heterocycles. The average molecular weight is 473 g/mol. The van der Waals surface area contributed by atoms with Crippen LogP contribution in [-0.2, 0) is 9.59 Å². The summed E-state index contributed by atoms with van der Waals surface area (Å²) in [5.41, 5.74) is 2.02. The standard InChI is InChI=1S/C25H33BrN2O2/c1-18(29)23-17-28(24-9-8-21(26)16-22(23)24)13-5-12-27-14-10-20(11-15-27)25(30)19-6-3-2-4-7-19/h3,6,8,16-17,19-20,24H,2,4-5,7,9-15H2,1H3. The van der Waals surface area contributed by atoms with Crippen molar-refractivity contribution in [3.05, 3.63) is 46.1 Å². The smallest absolute Gasteiger partial charge is 0.161 e.